The maximum Gasteiger partial charge on any atom is 0.416 e. The van der Waals surface area contributed by atoms with Crippen LogP contribution in [0.5, 0.6) is 0 Å². The number of fused-ring (bicyclic) bond motifs is 1. The molecule has 0 N–H and O–H groups in total. The van der Waals surface area contributed by atoms with E-state index < -0.39 is 46.2 Å². The van der Waals surface area contributed by atoms with Crippen molar-refractivity contribution in [3.05, 3.63) is 76.7 Å². The first-order chi connectivity index (χ1) is 22.7. The number of benzene rings is 2. The Labute approximate surface area is 280 Å². The molecule has 0 unspecified atom stereocenters. The maximum atomic E-state index is 14.2. The number of alkyl halides is 6. The largest absolute Gasteiger partial charge is 0.416 e. The molecule has 2 fully saturated rings. The van der Waals surface area contributed by atoms with Gasteiger partial charge in [0.1, 0.15) is 11.6 Å². The van der Waals surface area contributed by atoms with Crippen LogP contribution in [-0.2, 0) is 27.4 Å². The summed E-state index contributed by atoms with van der Waals surface area (Å²) in [6.07, 6.45) is -8.73. The zero-order valence-corrected chi connectivity index (χ0v) is 28.0. The second-order valence-electron chi connectivity index (χ2n) is 13.4. The third kappa shape index (κ3) is 7.24. The van der Waals surface area contributed by atoms with Crippen molar-refractivity contribution in [1.82, 2.24) is 14.8 Å². The van der Waals surface area contributed by atoms with Crippen molar-refractivity contribution in [2.75, 3.05) is 49.6 Å². The monoisotopic (exact) mass is 693 g/mol. The predicted molar refractivity (Wildman–Crippen MR) is 172 cm³/mol. The van der Waals surface area contributed by atoms with Crippen LogP contribution in [0.3, 0.4) is 0 Å². The van der Waals surface area contributed by atoms with Crippen LogP contribution < -0.4 is 9.80 Å². The first-order valence-corrected chi connectivity index (χ1v) is 15.8. The van der Waals surface area contributed by atoms with E-state index in [0.29, 0.717) is 60.8 Å². The van der Waals surface area contributed by atoms with Gasteiger partial charge < -0.3 is 14.7 Å². The Morgan fingerprint density at radius 1 is 0.857 bits per heavy atom. The third-order valence-corrected chi connectivity index (χ3v) is 9.64. The van der Waals surface area contributed by atoms with Gasteiger partial charge in [-0.25, -0.2) is 9.37 Å². The average Bonchev–Trinajstić information content (AvgIpc) is 3.02. The number of anilines is 2. The van der Waals surface area contributed by atoms with Crippen LogP contribution in [0.25, 0.3) is 11.1 Å². The first-order valence-electron chi connectivity index (χ1n) is 15.8. The molecule has 0 spiro atoms. The molecule has 0 aliphatic carbocycles. The van der Waals surface area contributed by atoms with Crippen LogP contribution in [-0.4, -0.2) is 78.5 Å². The molecule has 14 heteroatoms. The van der Waals surface area contributed by atoms with Crippen molar-refractivity contribution in [3.8, 4) is 11.1 Å². The summed E-state index contributed by atoms with van der Waals surface area (Å²) in [6, 6.07) is 7.11. The van der Waals surface area contributed by atoms with Gasteiger partial charge in [0, 0.05) is 64.3 Å². The second kappa shape index (κ2) is 12.9. The van der Waals surface area contributed by atoms with E-state index in [-0.39, 0.29) is 29.7 Å². The Hall–Kier alpha value is -4.20. The van der Waals surface area contributed by atoms with Crippen LogP contribution in [0.2, 0.25) is 0 Å². The van der Waals surface area contributed by atoms with Crippen LogP contribution >= 0.6 is 0 Å². The number of hydrogen-bond donors (Lipinski definition) is 0. The van der Waals surface area contributed by atoms with Gasteiger partial charge in [-0.15, -0.1) is 0 Å². The van der Waals surface area contributed by atoms with Crippen molar-refractivity contribution < 1.29 is 40.3 Å². The molecule has 5 rings (SSSR count). The topological polar surface area (TPSA) is 60.0 Å². The summed E-state index contributed by atoms with van der Waals surface area (Å²) < 4.78 is 96.4. The molecule has 49 heavy (non-hydrogen) atoms. The number of pyridine rings is 1. The van der Waals surface area contributed by atoms with Gasteiger partial charge in [-0.1, -0.05) is 6.07 Å². The SMILES string of the molecule is CC(=O)N1CCN2C[C@@H](C)N(c3cc(-c4ccc(F)cc4C)c(N(C)C(=O)C(C)(C)c4cc(C(F)(F)F)cc(C(F)(F)F)c4)cn3)C[C@@H]2C1. The van der Waals surface area contributed by atoms with Gasteiger partial charge in [0.15, 0.2) is 0 Å². The van der Waals surface area contributed by atoms with Crippen LogP contribution in [0.1, 0.15) is 49.9 Å². The number of nitrogens with zero attached hydrogens (tertiary/aromatic N) is 5. The van der Waals surface area contributed by atoms with Crippen molar-refractivity contribution in [1.29, 1.82) is 0 Å². The molecular formula is C35H38F7N5O2. The van der Waals surface area contributed by atoms with Crippen molar-refractivity contribution in [3.63, 3.8) is 0 Å². The molecule has 0 saturated carbocycles. The molecule has 2 amide bonds. The van der Waals surface area contributed by atoms with Gasteiger partial charge in [0.05, 0.1) is 28.4 Å². The average molecular weight is 694 g/mol. The number of carbonyl (C=O) groups excluding carboxylic acids is 2. The molecule has 1 aromatic heterocycles. The Balaban J connectivity index is 1.56. The van der Waals surface area contributed by atoms with E-state index in [2.05, 4.69) is 16.7 Å². The molecule has 264 valence electrons. The fraction of sp³-hybridized carbons (Fsp3) is 0.457. The number of carbonyl (C=O) groups is 2. The van der Waals surface area contributed by atoms with E-state index >= 15 is 0 Å². The highest BCUT2D eigenvalue weighted by atomic mass is 19.4. The summed E-state index contributed by atoms with van der Waals surface area (Å²) in [7, 11) is 1.38. The summed E-state index contributed by atoms with van der Waals surface area (Å²) in [5, 5.41) is 0. The van der Waals surface area contributed by atoms with Crippen LogP contribution in [0, 0.1) is 12.7 Å². The number of piperazine rings is 2. The summed E-state index contributed by atoms with van der Waals surface area (Å²) in [5.74, 6) is -0.715. The lowest BCUT2D eigenvalue weighted by Gasteiger charge is -2.50. The molecule has 3 aromatic rings. The molecular weight excluding hydrogens is 655 g/mol. The number of aryl methyl sites for hydroxylation is 1. The normalized spacial score (nSPS) is 19.1. The number of hydrogen-bond acceptors (Lipinski definition) is 5. The highest BCUT2D eigenvalue weighted by Gasteiger charge is 2.42. The smallest absolute Gasteiger partial charge is 0.351 e. The number of halogens is 7. The van der Waals surface area contributed by atoms with Gasteiger partial charge >= 0.3 is 12.4 Å². The van der Waals surface area contributed by atoms with Crippen molar-refractivity contribution in [2.45, 2.75) is 64.5 Å². The lowest BCUT2D eigenvalue weighted by molar-refractivity contribution is -0.143. The fourth-order valence-corrected chi connectivity index (χ4v) is 6.73. The highest BCUT2D eigenvalue weighted by Crippen LogP contribution is 2.41. The van der Waals surface area contributed by atoms with E-state index in [1.807, 2.05) is 4.90 Å². The van der Waals surface area contributed by atoms with Crippen LogP contribution in [0.4, 0.5) is 42.2 Å². The number of aromatic nitrogens is 1. The number of amides is 2. The van der Waals surface area contributed by atoms with Gasteiger partial charge in [0.25, 0.3) is 0 Å². The Kier molecular flexibility index (Phi) is 9.52. The summed E-state index contributed by atoms with van der Waals surface area (Å²) >= 11 is 0. The Morgan fingerprint density at radius 3 is 2.04 bits per heavy atom. The molecule has 2 aliphatic rings. The zero-order chi connectivity index (χ0) is 36.2. The standard InChI is InChI=1S/C35H38F7N5O2/c1-20-11-26(36)7-8-28(20)29-15-31(47-19-27-18-45(22(3)48)9-10-46(27)17-21(47)2)43-16-30(29)44(6)32(49)33(4,5)23-12-24(34(37,38)39)14-25(13-23)35(40,41)42/h7-8,11-16,21,27H,9-10,17-19H2,1-6H3/t21-,27+/m1/s1. The number of rotatable bonds is 5. The Morgan fingerprint density at radius 2 is 1.47 bits per heavy atom. The lowest BCUT2D eigenvalue weighted by Crippen LogP contribution is -2.65. The summed E-state index contributed by atoms with van der Waals surface area (Å²) in [5.41, 5.74) is -3.56. The van der Waals surface area contributed by atoms with Gasteiger partial charge in [-0.2, -0.15) is 26.3 Å². The molecule has 0 radical (unpaired) electrons. The van der Waals surface area contributed by atoms with Crippen LogP contribution in [0.15, 0.2) is 48.7 Å². The molecule has 2 atom stereocenters. The first kappa shape index (κ1) is 36.1. The summed E-state index contributed by atoms with van der Waals surface area (Å²) in [4.78, 5) is 38.3. The van der Waals surface area contributed by atoms with Crippen molar-refractivity contribution in [2.24, 2.45) is 0 Å². The van der Waals surface area contributed by atoms with E-state index in [9.17, 15) is 40.3 Å². The third-order valence-electron chi connectivity index (χ3n) is 9.64. The molecule has 2 aromatic carbocycles. The predicted octanol–water partition coefficient (Wildman–Crippen LogP) is 6.92. The molecule has 3 heterocycles. The fourth-order valence-electron chi connectivity index (χ4n) is 6.73. The van der Waals surface area contributed by atoms with Gasteiger partial charge in [-0.3, -0.25) is 14.5 Å². The molecule has 2 saturated heterocycles. The quantitative estimate of drug-likeness (QED) is 0.272. The maximum absolute atomic E-state index is 14.2. The minimum atomic E-state index is -5.08. The zero-order valence-electron chi connectivity index (χ0n) is 28.0. The molecule has 0 bridgehead atoms. The van der Waals surface area contributed by atoms with E-state index in [1.165, 1.54) is 46.1 Å². The van der Waals surface area contributed by atoms with E-state index in [0.717, 1.165) is 11.4 Å². The minimum absolute atomic E-state index is 0.00300. The van der Waals surface area contributed by atoms with Crippen molar-refractivity contribution >= 4 is 23.3 Å². The Bertz CT molecular complexity index is 1720. The molecule has 2 aliphatic heterocycles. The van der Waals surface area contributed by atoms with Gasteiger partial charge in [-0.05, 0) is 80.8 Å². The van der Waals surface area contributed by atoms with E-state index in [1.54, 1.807) is 19.1 Å². The highest BCUT2D eigenvalue weighted by molar-refractivity contribution is 6.03. The summed E-state index contributed by atoms with van der Waals surface area (Å²) in [6.45, 7) is 11.0. The van der Waals surface area contributed by atoms with E-state index in [4.69, 9.17) is 4.98 Å². The molecule has 7 nitrogen and oxygen atoms in total. The second-order valence-corrected chi connectivity index (χ2v) is 13.4. The number of likely N-dealkylation sites (N-methyl/N-ethyl adjacent to an activating group) is 1. The lowest BCUT2D eigenvalue weighted by atomic mass is 9.81. The van der Waals surface area contributed by atoms with Gasteiger partial charge in [0.2, 0.25) is 11.8 Å². The minimum Gasteiger partial charge on any atom is -0.351 e.